The minimum absolute atomic E-state index is 0.0167. The molecule has 0 N–H and O–H groups in total. The Labute approximate surface area is 157 Å². The lowest BCUT2D eigenvalue weighted by atomic mass is 10.2. The van der Waals surface area contributed by atoms with Gasteiger partial charge in [0.1, 0.15) is 0 Å². The predicted octanol–water partition coefficient (Wildman–Crippen LogP) is 4.20. The van der Waals surface area contributed by atoms with Gasteiger partial charge in [0.25, 0.3) is 5.56 Å². The summed E-state index contributed by atoms with van der Waals surface area (Å²) >= 11 is 6.80. The Balaban J connectivity index is 1.91. The molecule has 0 aliphatic rings. The van der Waals surface area contributed by atoms with E-state index in [1.807, 2.05) is 18.2 Å². The Hall–Kier alpha value is -1.15. The van der Waals surface area contributed by atoms with Gasteiger partial charge in [-0.05, 0) is 36.1 Å². The van der Waals surface area contributed by atoms with Crippen LogP contribution in [-0.2, 0) is 17.7 Å². The highest BCUT2D eigenvalue weighted by atomic mass is 79.9. The summed E-state index contributed by atoms with van der Waals surface area (Å²) in [7, 11) is 1.64. The van der Waals surface area contributed by atoms with Crippen LogP contribution in [0.3, 0.4) is 0 Å². The number of aryl methyl sites for hydroxylation is 1. The van der Waals surface area contributed by atoms with Crippen LogP contribution in [0.1, 0.15) is 4.88 Å². The molecule has 0 amide bonds. The Morgan fingerprint density at radius 1 is 1.38 bits per heavy atom. The summed E-state index contributed by atoms with van der Waals surface area (Å²) in [5, 5.41) is 3.47. The molecule has 0 bridgehead atoms. The van der Waals surface area contributed by atoms with Crippen molar-refractivity contribution < 1.29 is 4.74 Å². The van der Waals surface area contributed by atoms with Crippen LogP contribution < -0.4 is 5.56 Å². The van der Waals surface area contributed by atoms with E-state index in [2.05, 4.69) is 33.4 Å². The predicted molar refractivity (Wildman–Crippen MR) is 104 cm³/mol. The first-order chi connectivity index (χ1) is 11.7. The maximum Gasteiger partial charge on any atom is 0.262 e. The lowest BCUT2D eigenvalue weighted by Gasteiger charge is -2.12. The van der Waals surface area contributed by atoms with Gasteiger partial charge in [-0.25, -0.2) is 4.98 Å². The van der Waals surface area contributed by atoms with Crippen molar-refractivity contribution in [1.29, 1.82) is 0 Å². The van der Waals surface area contributed by atoms with Crippen LogP contribution in [0.4, 0.5) is 0 Å². The highest BCUT2D eigenvalue weighted by Crippen LogP contribution is 2.22. The highest BCUT2D eigenvalue weighted by molar-refractivity contribution is 9.10. The Morgan fingerprint density at radius 3 is 3.00 bits per heavy atom. The fraction of sp³-hybridized carbons (Fsp3) is 0.294. The van der Waals surface area contributed by atoms with E-state index < -0.39 is 0 Å². The number of fused-ring (bicyclic) bond motifs is 1. The molecule has 24 heavy (non-hydrogen) atoms. The summed E-state index contributed by atoms with van der Waals surface area (Å²) in [6.07, 6.45) is 0.973. The van der Waals surface area contributed by atoms with Crippen LogP contribution >= 0.6 is 39.0 Å². The van der Waals surface area contributed by atoms with Gasteiger partial charge in [-0.1, -0.05) is 33.8 Å². The van der Waals surface area contributed by atoms with Gasteiger partial charge >= 0.3 is 0 Å². The van der Waals surface area contributed by atoms with E-state index >= 15 is 0 Å². The summed E-state index contributed by atoms with van der Waals surface area (Å²) in [5.41, 5.74) is 0.715. The molecule has 4 nitrogen and oxygen atoms in total. The van der Waals surface area contributed by atoms with Gasteiger partial charge in [0.15, 0.2) is 5.16 Å². The van der Waals surface area contributed by atoms with Gasteiger partial charge in [0, 0.05) is 22.2 Å². The zero-order valence-electron chi connectivity index (χ0n) is 13.2. The van der Waals surface area contributed by atoms with Crippen LogP contribution in [0, 0.1) is 0 Å². The van der Waals surface area contributed by atoms with Crippen molar-refractivity contribution in [3.63, 3.8) is 0 Å². The molecule has 0 fully saturated rings. The molecule has 2 heterocycles. The first-order valence-electron chi connectivity index (χ1n) is 7.53. The minimum atomic E-state index is -0.0167. The highest BCUT2D eigenvalue weighted by Gasteiger charge is 2.12. The van der Waals surface area contributed by atoms with Crippen LogP contribution in [0.2, 0.25) is 0 Å². The van der Waals surface area contributed by atoms with Crippen molar-refractivity contribution in [2.45, 2.75) is 18.1 Å². The quantitative estimate of drug-likeness (QED) is 0.421. The fourth-order valence-electron chi connectivity index (χ4n) is 2.36. The van der Waals surface area contributed by atoms with Gasteiger partial charge in [-0.3, -0.25) is 9.36 Å². The van der Waals surface area contributed by atoms with Gasteiger partial charge in [0.05, 0.1) is 24.1 Å². The van der Waals surface area contributed by atoms with Crippen LogP contribution in [0.15, 0.2) is 50.1 Å². The van der Waals surface area contributed by atoms with Gasteiger partial charge in [-0.2, -0.15) is 0 Å². The lowest BCUT2D eigenvalue weighted by molar-refractivity contribution is 0.183. The summed E-state index contributed by atoms with van der Waals surface area (Å²) in [4.78, 5) is 18.9. The second kappa shape index (κ2) is 8.29. The molecular weight excluding hydrogens is 408 g/mol. The van der Waals surface area contributed by atoms with E-state index in [-0.39, 0.29) is 5.56 Å². The summed E-state index contributed by atoms with van der Waals surface area (Å²) < 4.78 is 7.75. The topological polar surface area (TPSA) is 44.1 Å². The van der Waals surface area contributed by atoms with Crippen LogP contribution in [0.25, 0.3) is 10.9 Å². The molecule has 0 saturated carbocycles. The molecule has 3 aromatic rings. The maximum absolute atomic E-state index is 12.8. The molecule has 0 saturated heterocycles. The molecular formula is C17H17BrN2O2S2. The van der Waals surface area contributed by atoms with Crippen molar-refractivity contribution in [1.82, 2.24) is 9.55 Å². The molecule has 0 unspecified atom stereocenters. The lowest BCUT2D eigenvalue weighted by Crippen LogP contribution is -2.25. The molecule has 0 atom stereocenters. The zero-order chi connectivity index (χ0) is 16.9. The molecule has 3 rings (SSSR count). The number of benzene rings is 1. The molecule has 0 spiro atoms. The van der Waals surface area contributed by atoms with Crippen LogP contribution in [0.5, 0.6) is 0 Å². The Kier molecular flexibility index (Phi) is 6.10. The third-order valence-corrected chi connectivity index (χ3v) is 5.97. The number of nitrogens with zero attached hydrogens (tertiary/aromatic N) is 2. The smallest absolute Gasteiger partial charge is 0.262 e. The Morgan fingerprint density at radius 2 is 2.25 bits per heavy atom. The van der Waals surface area contributed by atoms with Crippen LogP contribution in [-0.4, -0.2) is 29.0 Å². The number of methoxy groups -OCH3 is 1. The number of aromatic nitrogens is 2. The molecule has 0 aliphatic heterocycles. The second-order valence-corrected chi connectivity index (χ2v) is 8.19. The average molecular weight is 425 g/mol. The second-order valence-electron chi connectivity index (χ2n) is 5.18. The van der Waals surface area contributed by atoms with E-state index in [0.717, 1.165) is 27.3 Å². The largest absolute Gasteiger partial charge is 0.383 e. The Bertz CT molecular complexity index is 878. The van der Waals surface area contributed by atoms with Crippen molar-refractivity contribution in [2.24, 2.45) is 0 Å². The van der Waals surface area contributed by atoms with E-state index in [9.17, 15) is 4.79 Å². The summed E-state index contributed by atoms with van der Waals surface area (Å²) in [5.74, 6) is 0.891. The number of thioether (sulfide) groups is 1. The molecule has 126 valence electrons. The van der Waals surface area contributed by atoms with Gasteiger partial charge in [-0.15, -0.1) is 11.3 Å². The summed E-state index contributed by atoms with van der Waals surface area (Å²) in [6, 6.07) is 9.81. The van der Waals surface area contributed by atoms with Gasteiger partial charge in [0.2, 0.25) is 0 Å². The van der Waals surface area contributed by atoms with E-state index in [1.165, 1.54) is 4.88 Å². The first kappa shape index (κ1) is 17.7. The number of thiophene rings is 1. The van der Waals surface area contributed by atoms with Crippen molar-refractivity contribution >= 4 is 49.9 Å². The maximum atomic E-state index is 12.8. The standard InChI is InChI=1S/C17H17BrN2O2S2/c1-22-8-7-20-16(21)14-11-12(18)4-5-15(14)19-17(20)24-10-6-13-3-2-9-23-13/h2-5,9,11H,6-8,10H2,1H3. The number of ether oxygens (including phenoxy) is 1. The molecule has 0 radical (unpaired) electrons. The number of halogens is 1. The minimum Gasteiger partial charge on any atom is -0.383 e. The average Bonchev–Trinajstić information content (AvgIpc) is 3.09. The first-order valence-corrected chi connectivity index (χ1v) is 10.2. The summed E-state index contributed by atoms with van der Waals surface area (Å²) in [6.45, 7) is 0.992. The monoisotopic (exact) mass is 424 g/mol. The number of hydrogen-bond donors (Lipinski definition) is 0. The zero-order valence-corrected chi connectivity index (χ0v) is 16.4. The molecule has 2 aromatic heterocycles. The van der Waals surface area contributed by atoms with E-state index in [4.69, 9.17) is 9.72 Å². The fourth-order valence-corrected chi connectivity index (χ4v) is 4.56. The SMILES string of the molecule is COCCn1c(SCCc2cccs2)nc2ccc(Br)cc2c1=O. The van der Waals surface area contributed by atoms with Crippen molar-refractivity contribution in [2.75, 3.05) is 19.5 Å². The third kappa shape index (κ3) is 4.08. The number of rotatable bonds is 7. The van der Waals surface area contributed by atoms with E-state index in [1.54, 1.807) is 34.8 Å². The third-order valence-electron chi connectivity index (χ3n) is 3.56. The van der Waals surface area contributed by atoms with Crippen molar-refractivity contribution in [3.05, 3.63) is 55.4 Å². The number of hydrogen-bond acceptors (Lipinski definition) is 5. The normalized spacial score (nSPS) is 11.2. The molecule has 7 heteroatoms. The van der Waals surface area contributed by atoms with Crippen molar-refractivity contribution in [3.8, 4) is 0 Å². The molecule has 1 aromatic carbocycles. The van der Waals surface area contributed by atoms with E-state index in [0.29, 0.717) is 18.5 Å². The molecule has 0 aliphatic carbocycles. The van der Waals surface area contributed by atoms with Gasteiger partial charge < -0.3 is 4.74 Å².